The Labute approximate surface area is 159 Å². The van der Waals surface area contributed by atoms with Crippen molar-refractivity contribution < 1.29 is 18.4 Å². The van der Waals surface area contributed by atoms with Gasteiger partial charge in [0.05, 0.1) is 5.69 Å². The van der Waals surface area contributed by atoms with Gasteiger partial charge in [-0.2, -0.15) is 0 Å². The Balaban J connectivity index is 1.71. The van der Waals surface area contributed by atoms with Crippen molar-refractivity contribution in [3.63, 3.8) is 0 Å². The summed E-state index contributed by atoms with van der Waals surface area (Å²) in [6.07, 6.45) is 0.442. The summed E-state index contributed by atoms with van der Waals surface area (Å²) in [4.78, 5) is 39.7. The van der Waals surface area contributed by atoms with Crippen LogP contribution in [0.5, 0.6) is 0 Å². The maximum absolute atomic E-state index is 13.8. The molecule has 0 aliphatic carbocycles. The van der Waals surface area contributed by atoms with E-state index in [2.05, 4.69) is 5.32 Å². The van der Waals surface area contributed by atoms with Crippen LogP contribution >= 0.6 is 0 Å². The largest absolute Gasteiger partial charge is 0.348 e. The van der Waals surface area contributed by atoms with E-state index >= 15 is 0 Å². The Hall–Kier alpha value is -3.23. The predicted octanol–water partition coefficient (Wildman–Crippen LogP) is 0.902. The molecule has 0 spiro atoms. The van der Waals surface area contributed by atoms with Gasteiger partial charge in [-0.3, -0.25) is 24.1 Å². The summed E-state index contributed by atoms with van der Waals surface area (Å²) < 4.78 is 28.5. The van der Waals surface area contributed by atoms with E-state index < -0.39 is 23.0 Å². The number of aromatic nitrogens is 1. The van der Waals surface area contributed by atoms with Gasteiger partial charge in [0, 0.05) is 43.8 Å². The quantitative estimate of drug-likeness (QED) is 0.848. The maximum atomic E-state index is 13.8. The molecule has 1 aromatic heterocycles. The second kappa shape index (κ2) is 6.43. The molecule has 1 N–H and O–H groups in total. The van der Waals surface area contributed by atoms with Crippen molar-refractivity contribution in [2.24, 2.45) is 0 Å². The summed E-state index contributed by atoms with van der Waals surface area (Å²) in [5, 5.41) is 4.43. The van der Waals surface area contributed by atoms with Crippen molar-refractivity contribution in [1.29, 1.82) is 0 Å². The minimum Gasteiger partial charge on any atom is -0.348 e. The Morgan fingerprint density at radius 3 is 2.71 bits per heavy atom. The molecule has 4 rings (SSSR count). The molecule has 0 saturated carbocycles. The van der Waals surface area contributed by atoms with Gasteiger partial charge in [0.25, 0.3) is 11.8 Å². The third-order valence-corrected chi connectivity index (χ3v) is 5.17. The predicted molar refractivity (Wildman–Crippen MR) is 96.7 cm³/mol. The topological polar surface area (TPSA) is 74.7 Å². The molecule has 2 aliphatic heterocycles. The second-order valence-electron chi connectivity index (χ2n) is 6.98. The van der Waals surface area contributed by atoms with Gasteiger partial charge in [0.2, 0.25) is 0 Å². The summed E-state index contributed by atoms with van der Waals surface area (Å²) in [5.74, 6) is -2.40. The molecule has 2 aromatic rings. The number of benzene rings is 1. The average molecular weight is 388 g/mol. The third-order valence-electron chi connectivity index (χ3n) is 5.17. The van der Waals surface area contributed by atoms with Crippen molar-refractivity contribution >= 4 is 11.8 Å². The Morgan fingerprint density at radius 2 is 2.00 bits per heavy atom. The number of carbonyl (C=O) groups excluding carboxylic acids is 2. The zero-order chi connectivity index (χ0) is 20.2. The first-order valence-electron chi connectivity index (χ1n) is 8.81. The van der Waals surface area contributed by atoms with E-state index in [0.717, 1.165) is 12.1 Å². The summed E-state index contributed by atoms with van der Waals surface area (Å²) in [6.45, 7) is 2.27. The summed E-state index contributed by atoms with van der Waals surface area (Å²) in [5.41, 5.74) is 0.508. The van der Waals surface area contributed by atoms with Crippen molar-refractivity contribution in [1.82, 2.24) is 14.9 Å². The van der Waals surface area contributed by atoms with Gasteiger partial charge in [-0.05, 0) is 13.0 Å². The lowest BCUT2D eigenvalue weighted by molar-refractivity contribution is 0.0741. The minimum absolute atomic E-state index is 0.0383. The Bertz CT molecular complexity index is 1080. The summed E-state index contributed by atoms with van der Waals surface area (Å²) in [7, 11) is 1.66. The average Bonchev–Trinajstić information content (AvgIpc) is 3.04. The standard InChI is InChI=1S/C19H18F2N4O3/c1-10-16-19(28)23(2)9-24-6-5-14(25(16)24)15(17(10)26)18(27)22-8-11-3-4-12(20)7-13(11)21/h3-4,7H,5-6,8-9H2,1-2H3,(H,22,27). The van der Waals surface area contributed by atoms with E-state index in [1.165, 1.54) is 17.9 Å². The molecular formula is C19H18F2N4O3. The molecule has 7 nitrogen and oxygen atoms in total. The first kappa shape index (κ1) is 18.1. The molecule has 3 heterocycles. The second-order valence-corrected chi connectivity index (χ2v) is 6.98. The molecule has 0 unspecified atom stereocenters. The molecule has 1 aromatic carbocycles. The molecule has 2 amide bonds. The molecule has 0 saturated heterocycles. The van der Waals surface area contributed by atoms with Gasteiger partial charge in [-0.15, -0.1) is 0 Å². The molecule has 0 atom stereocenters. The number of hydrogen-bond acceptors (Lipinski definition) is 4. The van der Waals surface area contributed by atoms with Crippen LogP contribution in [-0.4, -0.2) is 41.7 Å². The van der Waals surface area contributed by atoms with Crippen LogP contribution in [0.4, 0.5) is 8.78 Å². The van der Waals surface area contributed by atoms with E-state index in [4.69, 9.17) is 0 Å². The number of rotatable bonds is 3. The first-order valence-corrected chi connectivity index (χ1v) is 8.81. The Morgan fingerprint density at radius 1 is 1.25 bits per heavy atom. The van der Waals surface area contributed by atoms with E-state index in [9.17, 15) is 23.2 Å². The van der Waals surface area contributed by atoms with Crippen LogP contribution in [0.15, 0.2) is 23.0 Å². The summed E-state index contributed by atoms with van der Waals surface area (Å²) in [6, 6.07) is 3.08. The van der Waals surface area contributed by atoms with Gasteiger partial charge in [0.1, 0.15) is 29.6 Å². The molecule has 9 heteroatoms. The Kier molecular flexibility index (Phi) is 4.17. The van der Waals surface area contributed by atoms with Gasteiger partial charge < -0.3 is 10.2 Å². The van der Waals surface area contributed by atoms with Gasteiger partial charge in [-0.1, -0.05) is 6.07 Å². The highest BCUT2D eigenvalue weighted by Gasteiger charge is 2.37. The van der Waals surface area contributed by atoms with Crippen LogP contribution in [0.3, 0.4) is 0 Å². The maximum Gasteiger partial charge on any atom is 0.274 e. The lowest BCUT2D eigenvalue weighted by Gasteiger charge is -2.36. The highest BCUT2D eigenvalue weighted by atomic mass is 19.1. The highest BCUT2D eigenvalue weighted by molar-refractivity contribution is 5.99. The van der Waals surface area contributed by atoms with Crippen molar-refractivity contribution in [2.45, 2.75) is 19.9 Å². The van der Waals surface area contributed by atoms with E-state index in [1.54, 1.807) is 11.7 Å². The van der Waals surface area contributed by atoms with E-state index in [0.29, 0.717) is 25.3 Å². The van der Waals surface area contributed by atoms with Crippen molar-refractivity contribution in [3.8, 4) is 0 Å². The molecule has 0 bridgehead atoms. The minimum atomic E-state index is -0.775. The SMILES string of the molecule is Cc1c2n3c(c(C(=O)NCc4ccc(F)cc4F)c1=O)CCN3CN(C)C2=O. The molecule has 2 aliphatic rings. The smallest absolute Gasteiger partial charge is 0.274 e. The number of pyridine rings is 1. The number of nitrogens with one attached hydrogen (secondary N) is 1. The zero-order valence-electron chi connectivity index (χ0n) is 15.4. The van der Waals surface area contributed by atoms with Gasteiger partial charge in [0.15, 0.2) is 5.43 Å². The number of carbonyl (C=O) groups is 2. The third kappa shape index (κ3) is 2.65. The van der Waals surface area contributed by atoms with Gasteiger partial charge in [-0.25, -0.2) is 8.78 Å². The number of halogens is 2. The number of amides is 2. The van der Waals surface area contributed by atoms with Crippen LogP contribution in [0.25, 0.3) is 0 Å². The fraction of sp³-hybridized carbons (Fsp3) is 0.316. The molecular weight excluding hydrogens is 370 g/mol. The van der Waals surface area contributed by atoms with Crippen LogP contribution in [0.2, 0.25) is 0 Å². The lowest BCUT2D eigenvalue weighted by atomic mass is 10.0. The van der Waals surface area contributed by atoms with Crippen LogP contribution in [0, 0.1) is 18.6 Å². The zero-order valence-corrected chi connectivity index (χ0v) is 15.4. The van der Waals surface area contributed by atoms with E-state index in [1.807, 2.05) is 5.01 Å². The van der Waals surface area contributed by atoms with Crippen LogP contribution in [-0.2, 0) is 13.0 Å². The molecule has 0 radical (unpaired) electrons. The van der Waals surface area contributed by atoms with Crippen LogP contribution in [0.1, 0.15) is 37.7 Å². The first-order chi connectivity index (χ1) is 13.3. The molecule has 28 heavy (non-hydrogen) atoms. The number of nitrogens with zero attached hydrogens (tertiary/aromatic N) is 3. The summed E-state index contributed by atoms with van der Waals surface area (Å²) >= 11 is 0. The lowest BCUT2D eigenvalue weighted by Crippen LogP contribution is -2.52. The monoisotopic (exact) mass is 388 g/mol. The fourth-order valence-corrected chi connectivity index (χ4v) is 3.74. The van der Waals surface area contributed by atoms with Crippen molar-refractivity contribution in [3.05, 3.63) is 68.1 Å². The van der Waals surface area contributed by atoms with Crippen molar-refractivity contribution in [2.75, 3.05) is 25.3 Å². The van der Waals surface area contributed by atoms with E-state index in [-0.39, 0.29) is 34.8 Å². The normalized spacial score (nSPS) is 15.1. The fourth-order valence-electron chi connectivity index (χ4n) is 3.74. The van der Waals surface area contributed by atoms with Crippen LogP contribution < -0.4 is 15.8 Å². The molecule has 0 fully saturated rings. The highest BCUT2D eigenvalue weighted by Crippen LogP contribution is 2.24. The van der Waals surface area contributed by atoms with Gasteiger partial charge >= 0.3 is 0 Å². The number of hydrogen-bond donors (Lipinski definition) is 1. The molecule has 146 valence electrons.